The SMILES string of the molecule is Cc1cc(Br)c2nc(N3CCCC3)ccc2c1C(N)=O. The van der Waals surface area contributed by atoms with Crippen LogP contribution in [0.5, 0.6) is 0 Å². The zero-order valence-corrected chi connectivity index (χ0v) is 12.9. The van der Waals surface area contributed by atoms with E-state index in [4.69, 9.17) is 10.7 Å². The van der Waals surface area contributed by atoms with Crippen molar-refractivity contribution in [3.8, 4) is 0 Å². The summed E-state index contributed by atoms with van der Waals surface area (Å²) in [5.41, 5.74) is 7.73. The molecule has 0 spiro atoms. The molecule has 1 aliphatic heterocycles. The van der Waals surface area contributed by atoms with Gasteiger partial charge in [-0.05, 0) is 59.5 Å². The van der Waals surface area contributed by atoms with Crippen LogP contribution in [0.2, 0.25) is 0 Å². The Kier molecular flexibility index (Phi) is 3.38. The average Bonchev–Trinajstić information content (AvgIpc) is 2.91. The van der Waals surface area contributed by atoms with Gasteiger partial charge >= 0.3 is 0 Å². The zero-order chi connectivity index (χ0) is 14.3. The number of nitrogens with zero attached hydrogens (tertiary/aromatic N) is 2. The van der Waals surface area contributed by atoms with Crippen molar-refractivity contribution in [3.05, 3.63) is 33.8 Å². The van der Waals surface area contributed by atoms with Gasteiger partial charge in [0.05, 0.1) is 11.1 Å². The largest absolute Gasteiger partial charge is 0.366 e. The predicted octanol–water partition coefficient (Wildman–Crippen LogP) is 3.00. The molecule has 2 N–H and O–H groups in total. The van der Waals surface area contributed by atoms with E-state index in [0.29, 0.717) is 5.56 Å². The van der Waals surface area contributed by atoms with Crippen molar-refractivity contribution >= 4 is 38.6 Å². The second kappa shape index (κ2) is 5.05. The van der Waals surface area contributed by atoms with Crippen LogP contribution < -0.4 is 10.6 Å². The van der Waals surface area contributed by atoms with Gasteiger partial charge in [0, 0.05) is 22.9 Å². The Morgan fingerprint density at radius 1 is 1.35 bits per heavy atom. The summed E-state index contributed by atoms with van der Waals surface area (Å²) in [6.45, 7) is 3.98. The van der Waals surface area contributed by atoms with Crippen LogP contribution in [0.15, 0.2) is 22.7 Å². The summed E-state index contributed by atoms with van der Waals surface area (Å²) in [7, 11) is 0. The van der Waals surface area contributed by atoms with Crippen molar-refractivity contribution < 1.29 is 4.79 Å². The number of anilines is 1. The molecule has 104 valence electrons. The highest BCUT2D eigenvalue weighted by Gasteiger charge is 2.17. The Morgan fingerprint density at radius 3 is 2.70 bits per heavy atom. The van der Waals surface area contributed by atoms with Gasteiger partial charge in [0.1, 0.15) is 5.82 Å². The lowest BCUT2D eigenvalue weighted by Crippen LogP contribution is -2.19. The van der Waals surface area contributed by atoms with Gasteiger partial charge in [-0.2, -0.15) is 0 Å². The number of hydrogen-bond donors (Lipinski definition) is 1. The highest BCUT2D eigenvalue weighted by molar-refractivity contribution is 9.10. The van der Waals surface area contributed by atoms with E-state index in [1.54, 1.807) is 0 Å². The first-order valence-electron chi connectivity index (χ1n) is 6.72. The van der Waals surface area contributed by atoms with Crippen molar-refractivity contribution in [2.75, 3.05) is 18.0 Å². The van der Waals surface area contributed by atoms with Gasteiger partial charge < -0.3 is 10.6 Å². The third-order valence-corrected chi connectivity index (χ3v) is 4.39. The maximum atomic E-state index is 11.7. The molecule has 0 atom stereocenters. The number of carbonyl (C=O) groups excluding carboxylic acids is 1. The molecule has 2 aromatic rings. The fraction of sp³-hybridized carbons (Fsp3) is 0.333. The normalized spacial score (nSPS) is 15.0. The lowest BCUT2D eigenvalue weighted by Gasteiger charge is -2.18. The molecule has 0 aliphatic carbocycles. The monoisotopic (exact) mass is 333 g/mol. The fourth-order valence-electron chi connectivity index (χ4n) is 2.83. The van der Waals surface area contributed by atoms with Crippen LogP contribution in [-0.2, 0) is 0 Å². The number of amides is 1. The van der Waals surface area contributed by atoms with Gasteiger partial charge in [-0.3, -0.25) is 4.79 Å². The molecule has 0 radical (unpaired) electrons. The van der Waals surface area contributed by atoms with Crippen molar-refractivity contribution in [2.45, 2.75) is 19.8 Å². The maximum absolute atomic E-state index is 11.7. The molecule has 1 aromatic heterocycles. The summed E-state index contributed by atoms with van der Waals surface area (Å²) in [5.74, 6) is 0.561. The molecular formula is C15H16BrN3O. The summed E-state index contributed by atoms with van der Waals surface area (Å²) in [6.07, 6.45) is 2.42. The van der Waals surface area contributed by atoms with E-state index < -0.39 is 5.91 Å². The molecule has 3 rings (SSSR count). The number of nitrogens with two attached hydrogens (primary N) is 1. The third-order valence-electron chi connectivity index (χ3n) is 3.79. The minimum absolute atomic E-state index is 0.407. The highest BCUT2D eigenvalue weighted by Crippen LogP contribution is 2.31. The van der Waals surface area contributed by atoms with E-state index in [9.17, 15) is 4.79 Å². The Labute approximate surface area is 126 Å². The van der Waals surface area contributed by atoms with Gasteiger partial charge in [0.25, 0.3) is 0 Å². The Bertz CT molecular complexity index is 693. The van der Waals surface area contributed by atoms with E-state index in [-0.39, 0.29) is 0 Å². The molecule has 0 unspecified atom stereocenters. The number of carbonyl (C=O) groups is 1. The van der Waals surface area contributed by atoms with Crippen molar-refractivity contribution in [1.82, 2.24) is 4.98 Å². The molecular weight excluding hydrogens is 318 g/mol. The Balaban J connectivity index is 2.21. The van der Waals surface area contributed by atoms with E-state index in [2.05, 4.69) is 20.8 Å². The van der Waals surface area contributed by atoms with Crippen LogP contribution in [0.4, 0.5) is 5.82 Å². The third kappa shape index (κ3) is 2.16. The lowest BCUT2D eigenvalue weighted by atomic mass is 10.0. The summed E-state index contributed by atoms with van der Waals surface area (Å²) < 4.78 is 0.899. The number of aromatic nitrogens is 1. The topological polar surface area (TPSA) is 59.2 Å². The molecule has 0 saturated carbocycles. The number of benzene rings is 1. The van der Waals surface area contributed by atoms with E-state index in [1.165, 1.54) is 12.8 Å². The maximum Gasteiger partial charge on any atom is 0.249 e. The summed E-state index contributed by atoms with van der Waals surface area (Å²) >= 11 is 3.54. The van der Waals surface area contributed by atoms with Gasteiger partial charge in [-0.15, -0.1) is 0 Å². The molecule has 5 heteroatoms. The highest BCUT2D eigenvalue weighted by atomic mass is 79.9. The molecule has 1 amide bonds. The van der Waals surface area contributed by atoms with Crippen molar-refractivity contribution in [3.63, 3.8) is 0 Å². The Hall–Kier alpha value is -1.62. The number of hydrogen-bond acceptors (Lipinski definition) is 3. The summed E-state index contributed by atoms with van der Waals surface area (Å²) in [4.78, 5) is 18.6. The lowest BCUT2D eigenvalue weighted by molar-refractivity contribution is 0.100. The molecule has 4 nitrogen and oxygen atoms in total. The average molecular weight is 334 g/mol. The van der Waals surface area contributed by atoms with Crippen LogP contribution in [0, 0.1) is 6.92 Å². The van der Waals surface area contributed by atoms with Crippen LogP contribution >= 0.6 is 15.9 Å². The van der Waals surface area contributed by atoms with Gasteiger partial charge in [-0.1, -0.05) is 0 Å². The minimum Gasteiger partial charge on any atom is -0.366 e. The molecule has 2 heterocycles. The number of fused-ring (bicyclic) bond motifs is 1. The van der Waals surface area contributed by atoms with Crippen molar-refractivity contribution in [2.24, 2.45) is 5.73 Å². The summed E-state index contributed by atoms with van der Waals surface area (Å²) in [6, 6.07) is 5.84. The summed E-state index contributed by atoms with van der Waals surface area (Å²) in [5, 5.41) is 0.812. The molecule has 1 aromatic carbocycles. The molecule has 1 aliphatic rings. The van der Waals surface area contributed by atoms with Gasteiger partial charge in [-0.25, -0.2) is 4.98 Å². The quantitative estimate of drug-likeness (QED) is 0.918. The molecule has 20 heavy (non-hydrogen) atoms. The second-order valence-electron chi connectivity index (χ2n) is 5.17. The standard InChI is InChI=1S/C15H16BrN3O/c1-9-8-11(16)14-10(13(9)15(17)20)4-5-12(18-14)19-6-2-3-7-19/h4-5,8H,2-3,6-7H2,1H3,(H2,17,20). The first-order valence-corrected chi connectivity index (χ1v) is 7.52. The minimum atomic E-state index is -0.407. The first-order chi connectivity index (χ1) is 9.58. The van der Waals surface area contributed by atoms with Crippen LogP contribution in [-0.4, -0.2) is 24.0 Å². The second-order valence-corrected chi connectivity index (χ2v) is 6.03. The van der Waals surface area contributed by atoms with E-state index in [1.807, 2.05) is 25.1 Å². The number of halogens is 1. The Morgan fingerprint density at radius 2 is 2.05 bits per heavy atom. The molecule has 0 bridgehead atoms. The molecule has 1 saturated heterocycles. The number of rotatable bonds is 2. The van der Waals surface area contributed by atoms with Crippen molar-refractivity contribution in [1.29, 1.82) is 0 Å². The fourth-order valence-corrected chi connectivity index (χ4v) is 3.47. The number of aryl methyl sites for hydroxylation is 1. The van der Waals surface area contributed by atoms with Crippen LogP contribution in [0.25, 0.3) is 10.9 Å². The number of pyridine rings is 1. The molecule has 1 fully saturated rings. The smallest absolute Gasteiger partial charge is 0.249 e. The van der Waals surface area contributed by atoms with Crippen LogP contribution in [0.1, 0.15) is 28.8 Å². The van der Waals surface area contributed by atoms with E-state index in [0.717, 1.165) is 39.8 Å². The van der Waals surface area contributed by atoms with Gasteiger partial charge in [0.2, 0.25) is 5.91 Å². The van der Waals surface area contributed by atoms with E-state index >= 15 is 0 Å². The van der Waals surface area contributed by atoms with Gasteiger partial charge in [0.15, 0.2) is 0 Å². The first kappa shape index (κ1) is 13.4. The predicted molar refractivity (Wildman–Crippen MR) is 84.1 cm³/mol. The zero-order valence-electron chi connectivity index (χ0n) is 11.3. The van der Waals surface area contributed by atoms with Crippen LogP contribution in [0.3, 0.4) is 0 Å². The number of primary amides is 1.